The quantitative estimate of drug-likeness (QED) is 0.751. The number of furan rings is 1. The van der Waals surface area contributed by atoms with E-state index in [1.165, 1.54) is 12.8 Å². The molecule has 1 aromatic rings. The number of nitrogens with one attached hydrogen (secondary N) is 1. The maximum atomic E-state index is 5.74. The predicted octanol–water partition coefficient (Wildman–Crippen LogP) is 1.92. The van der Waals surface area contributed by atoms with Gasteiger partial charge in [-0.05, 0) is 37.3 Å². The van der Waals surface area contributed by atoms with E-state index in [2.05, 4.69) is 12.2 Å². The Balaban J connectivity index is 1.80. The van der Waals surface area contributed by atoms with Crippen LogP contribution in [0.15, 0.2) is 23.0 Å². The molecule has 2 atom stereocenters. The molecule has 84 valence electrons. The highest BCUT2D eigenvalue weighted by Crippen LogP contribution is 2.36. The van der Waals surface area contributed by atoms with Gasteiger partial charge in [-0.15, -0.1) is 0 Å². The van der Waals surface area contributed by atoms with E-state index in [0.29, 0.717) is 6.54 Å². The van der Waals surface area contributed by atoms with Crippen molar-refractivity contribution in [1.82, 2.24) is 5.32 Å². The molecule has 0 aromatic carbocycles. The van der Waals surface area contributed by atoms with Crippen LogP contribution in [0.2, 0.25) is 0 Å². The standard InChI is InChI=1S/C12H20N2O/c1-9(10-2-3-10)7-14-12(6-13)11-4-5-15-8-11/h4-5,8-10,12,14H,2-3,6-7,13H2,1H3. The zero-order valence-electron chi connectivity index (χ0n) is 9.28. The Bertz CT molecular complexity index is 280. The Morgan fingerprint density at radius 3 is 2.93 bits per heavy atom. The van der Waals surface area contributed by atoms with Gasteiger partial charge in [0.05, 0.1) is 12.5 Å². The van der Waals surface area contributed by atoms with E-state index in [4.69, 9.17) is 10.2 Å². The van der Waals surface area contributed by atoms with Crippen LogP contribution in [0.1, 0.15) is 31.4 Å². The van der Waals surface area contributed by atoms with E-state index < -0.39 is 0 Å². The smallest absolute Gasteiger partial charge is 0.0950 e. The second-order valence-electron chi connectivity index (χ2n) is 4.57. The van der Waals surface area contributed by atoms with Crippen molar-refractivity contribution in [3.8, 4) is 0 Å². The monoisotopic (exact) mass is 208 g/mol. The lowest BCUT2D eigenvalue weighted by Crippen LogP contribution is -2.31. The predicted molar refractivity (Wildman–Crippen MR) is 60.4 cm³/mol. The summed E-state index contributed by atoms with van der Waals surface area (Å²) in [5.41, 5.74) is 6.89. The second-order valence-corrected chi connectivity index (χ2v) is 4.57. The van der Waals surface area contributed by atoms with Crippen LogP contribution in [0, 0.1) is 11.8 Å². The number of rotatable bonds is 6. The summed E-state index contributed by atoms with van der Waals surface area (Å²) in [5.74, 6) is 1.71. The van der Waals surface area contributed by atoms with E-state index in [9.17, 15) is 0 Å². The van der Waals surface area contributed by atoms with Crippen molar-refractivity contribution in [2.75, 3.05) is 13.1 Å². The fraction of sp³-hybridized carbons (Fsp3) is 0.667. The van der Waals surface area contributed by atoms with Gasteiger partial charge in [0.1, 0.15) is 0 Å². The summed E-state index contributed by atoms with van der Waals surface area (Å²) in [6, 6.07) is 2.22. The van der Waals surface area contributed by atoms with Crippen LogP contribution < -0.4 is 11.1 Å². The molecule has 2 rings (SSSR count). The van der Waals surface area contributed by atoms with Gasteiger partial charge in [0, 0.05) is 18.2 Å². The summed E-state index contributed by atoms with van der Waals surface area (Å²) in [6.45, 7) is 3.99. The molecule has 0 bridgehead atoms. The molecular formula is C12H20N2O. The molecule has 3 nitrogen and oxygen atoms in total. The molecule has 1 aromatic heterocycles. The molecule has 3 N–H and O–H groups in total. The van der Waals surface area contributed by atoms with Crippen molar-refractivity contribution in [3.63, 3.8) is 0 Å². The fourth-order valence-electron chi connectivity index (χ4n) is 1.97. The van der Waals surface area contributed by atoms with E-state index in [1.54, 1.807) is 12.5 Å². The van der Waals surface area contributed by atoms with Crippen LogP contribution in [0.5, 0.6) is 0 Å². The maximum Gasteiger partial charge on any atom is 0.0950 e. The first kappa shape index (κ1) is 10.7. The van der Waals surface area contributed by atoms with Gasteiger partial charge in [0.25, 0.3) is 0 Å². The molecule has 1 aliphatic carbocycles. The molecule has 0 radical (unpaired) electrons. The molecule has 3 heteroatoms. The minimum atomic E-state index is 0.241. The Morgan fingerprint density at radius 1 is 1.60 bits per heavy atom. The Kier molecular flexibility index (Phi) is 3.44. The lowest BCUT2D eigenvalue weighted by molar-refractivity contribution is 0.420. The maximum absolute atomic E-state index is 5.74. The van der Waals surface area contributed by atoms with Gasteiger partial charge < -0.3 is 15.5 Å². The van der Waals surface area contributed by atoms with Crippen molar-refractivity contribution in [2.45, 2.75) is 25.8 Å². The largest absolute Gasteiger partial charge is 0.472 e. The topological polar surface area (TPSA) is 51.2 Å². The third-order valence-electron chi connectivity index (χ3n) is 3.29. The molecule has 0 amide bonds. The van der Waals surface area contributed by atoms with Crippen molar-refractivity contribution in [3.05, 3.63) is 24.2 Å². The average Bonchev–Trinajstić information content (AvgIpc) is 2.97. The third-order valence-corrected chi connectivity index (χ3v) is 3.29. The Morgan fingerprint density at radius 2 is 2.40 bits per heavy atom. The Labute approximate surface area is 91.0 Å². The number of hydrogen-bond donors (Lipinski definition) is 2. The SMILES string of the molecule is CC(CNC(CN)c1ccoc1)C1CC1. The highest BCUT2D eigenvalue weighted by Gasteiger charge is 2.28. The lowest BCUT2D eigenvalue weighted by atomic mass is 10.1. The summed E-state index contributed by atoms with van der Waals surface area (Å²) in [7, 11) is 0. The van der Waals surface area contributed by atoms with Gasteiger partial charge in [-0.25, -0.2) is 0 Å². The molecule has 1 aliphatic rings. The van der Waals surface area contributed by atoms with Crippen LogP contribution in [-0.2, 0) is 0 Å². The summed E-state index contributed by atoms with van der Waals surface area (Å²) in [5, 5.41) is 3.51. The van der Waals surface area contributed by atoms with Crippen molar-refractivity contribution in [2.24, 2.45) is 17.6 Å². The van der Waals surface area contributed by atoms with Gasteiger partial charge in [-0.3, -0.25) is 0 Å². The third kappa shape index (κ3) is 2.83. The summed E-state index contributed by atoms with van der Waals surface area (Å²) in [6.07, 6.45) is 6.28. The molecule has 0 spiro atoms. The van der Waals surface area contributed by atoms with Crippen LogP contribution in [0.3, 0.4) is 0 Å². The summed E-state index contributed by atoms with van der Waals surface area (Å²) >= 11 is 0. The molecule has 1 heterocycles. The number of nitrogens with two attached hydrogens (primary N) is 1. The molecule has 1 fully saturated rings. The van der Waals surface area contributed by atoms with Gasteiger partial charge in [-0.1, -0.05) is 6.92 Å². The van der Waals surface area contributed by atoms with Gasteiger partial charge >= 0.3 is 0 Å². The van der Waals surface area contributed by atoms with Crippen LogP contribution in [0.25, 0.3) is 0 Å². The van der Waals surface area contributed by atoms with Gasteiger partial charge in [-0.2, -0.15) is 0 Å². The Hall–Kier alpha value is -0.800. The highest BCUT2D eigenvalue weighted by atomic mass is 16.3. The zero-order chi connectivity index (χ0) is 10.7. The molecule has 2 unspecified atom stereocenters. The molecule has 1 saturated carbocycles. The summed E-state index contributed by atoms with van der Waals surface area (Å²) < 4.78 is 5.07. The van der Waals surface area contributed by atoms with E-state index >= 15 is 0 Å². The lowest BCUT2D eigenvalue weighted by Gasteiger charge is -2.18. The molecule has 15 heavy (non-hydrogen) atoms. The first-order valence-electron chi connectivity index (χ1n) is 5.76. The van der Waals surface area contributed by atoms with Gasteiger partial charge in [0.15, 0.2) is 0 Å². The first-order valence-corrected chi connectivity index (χ1v) is 5.76. The molecule has 0 aliphatic heterocycles. The van der Waals surface area contributed by atoms with Crippen LogP contribution >= 0.6 is 0 Å². The van der Waals surface area contributed by atoms with E-state index in [0.717, 1.165) is 23.9 Å². The highest BCUT2D eigenvalue weighted by molar-refractivity contribution is 5.11. The fourth-order valence-corrected chi connectivity index (χ4v) is 1.97. The minimum Gasteiger partial charge on any atom is -0.472 e. The van der Waals surface area contributed by atoms with E-state index in [1.807, 2.05) is 6.07 Å². The summed E-state index contributed by atoms with van der Waals surface area (Å²) in [4.78, 5) is 0. The van der Waals surface area contributed by atoms with Crippen LogP contribution in [-0.4, -0.2) is 13.1 Å². The number of hydrogen-bond acceptors (Lipinski definition) is 3. The molecule has 0 saturated heterocycles. The molecular weight excluding hydrogens is 188 g/mol. The van der Waals surface area contributed by atoms with E-state index in [-0.39, 0.29) is 6.04 Å². The van der Waals surface area contributed by atoms with Crippen LogP contribution in [0.4, 0.5) is 0 Å². The minimum absolute atomic E-state index is 0.241. The normalized spacial score (nSPS) is 20.1. The van der Waals surface area contributed by atoms with Crippen molar-refractivity contribution in [1.29, 1.82) is 0 Å². The zero-order valence-corrected chi connectivity index (χ0v) is 9.28. The first-order chi connectivity index (χ1) is 7.31. The van der Waals surface area contributed by atoms with Crippen molar-refractivity contribution < 1.29 is 4.42 Å². The average molecular weight is 208 g/mol. The van der Waals surface area contributed by atoms with Gasteiger partial charge in [0.2, 0.25) is 0 Å². The second kappa shape index (κ2) is 4.81. The van der Waals surface area contributed by atoms with Crippen molar-refractivity contribution >= 4 is 0 Å².